The molecular weight excluding hydrogens is 474 g/mol. The lowest BCUT2D eigenvalue weighted by atomic mass is 9.84. The summed E-state index contributed by atoms with van der Waals surface area (Å²) in [6.07, 6.45) is 1.31. The normalized spacial score (nSPS) is 17.3. The van der Waals surface area contributed by atoms with Crippen molar-refractivity contribution in [2.45, 2.75) is 38.8 Å². The molecule has 9 nitrogen and oxygen atoms in total. The zero-order valence-electron chi connectivity index (χ0n) is 20.7. The van der Waals surface area contributed by atoms with Crippen LogP contribution in [-0.4, -0.2) is 64.6 Å². The molecule has 2 fully saturated rings. The number of anilines is 1. The summed E-state index contributed by atoms with van der Waals surface area (Å²) in [5.41, 5.74) is 2.50. The molecule has 2 saturated heterocycles. The van der Waals surface area contributed by atoms with Crippen molar-refractivity contribution in [1.29, 1.82) is 5.26 Å². The number of nitrogens with one attached hydrogen (secondary N) is 1. The summed E-state index contributed by atoms with van der Waals surface area (Å²) in [5.74, 6) is 1.48. The van der Waals surface area contributed by atoms with E-state index in [0.29, 0.717) is 50.7 Å². The third-order valence-electron chi connectivity index (χ3n) is 6.88. The number of aryl methyl sites for hydroxylation is 2. The molecule has 0 saturated carbocycles. The summed E-state index contributed by atoms with van der Waals surface area (Å²) in [7, 11) is 1.66. The quantitative estimate of drug-likeness (QED) is 0.566. The lowest BCUT2D eigenvalue weighted by molar-refractivity contribution is -0.143. The molecule has 10 heteroatoms. The van der Waals surface area contributed by atoms with Crippen molar-refractivity contribution in [2.24, 2.45) is 0 Å². The fraction of sp³-hybridized carbons (Fsp3) is 0.423. The van der Waals surface area contributed by atoms with Crippen LogP contribution in [0.1, 0.15) is 34.9 Å². The molecule has 1 N–H and O–H groups in total. The first-order valence-electron chi connectivity index (χ1n) is 12.1. The van der Waals surface area contributed by atoms with Crippen LogP contribution in [0.15, 0.2) is 30.3 Å². The molecule has 2 aromatic heterocycles. The zero-order valence-corrected chi connectivity index (χ0v) is 21.6. The molecule has 0 radical (unpaired) electrons. The highest BCUT2D eigenvalue weighted by molar-refractivity contribution is 7.15. The van der Waals surface area contributed by atoms with Crippen molar-refractivity contribution in [3.63, 3.8) is 0 Å². The lowest BCUT2D eigenvalue weighted by Gasteiger charge is -2.47. The van der Waals surface area contributed by atoms with Gasteiger partial charge in [-0.25, -0.2) is 15.0 Å². The average molecular weight is 504 g/mol. The number of piperidine rings is 1. The van der Waals surface area contributed by atoms with E-state index >= 15 is 0 Å². The number of ether oxygens (including phenoxy) is 1. The monoisotopic (exact) mass is 503 g/mol. The minimum atomic E-state index is -0.599. The van der Waals surface area contributed by atoms with Gasteiger partial charge in [-0.05, 0) is 50.5 Å². The first-order valence-corrected chi connectivity index (χ1v) is 12.9. The molecule has 186 valence electrons. The third-order valence-corrected chi connectivity index (χ3v) is 7.94. The van der Waals surface area contributed by atoms with Crippen LogP contribution in [0.5, 0.6) is 5.75 Å². The Kier molecular flexibility index (Phi) is 6.60. The van der Waals surface area contributed by atoms with E-state index in [0.717, 1.165) is 39.1 Å². The van der Waals surface area contributed by atoms with Gasteiger partial charge in [0.15, 0.2) is 0 Å². The SMILES string of the molecule is COc1cccc(-c2sc(C)nc2CN2CCNC3(CCN(c4nc(C)cc(C#N)n4)CC3)C2=O)c1. The van der Waals surface area contributed by atoms with Crippen LogP contribution in [0.25, 0.3) is 10.4 Å². The van der Waals surface area contributed by atoms with E-state index in [-0.39, 0.29) is 5.91 Å². The van der Waals surface area contributed by atoms with E-state index in [1.165, 1.54) is 0 Å². The molecule has 0 atom stereocenters. The molecule has 1 aromatic carbocycles. The molecular formula is C26H29N7O2S. The summed E-state index contributed by atoms with van der Waals surface area (Å²) < 4.78 is 5.41. The van der Waals surface area contributed by atoms with Crippen LogP contribution in [0.4, 0.5) is 5.95 Å². The Hall–Kier alpha value is -3.55. The number of carbonyl (C=O) groups is 1. The molecule has 1 spiro atoms. The second-order valence-corrected chi connectivity index (χ2v) is 10.5. The zero-order chi connectivity index (χ0) is 25.3. The number of piperazine rings is 1. The van der Waals surface area contributed by atoms with Gasteiger partial charge in [-0.2, -0.15) is 5.26 Å². The van der Waals surface area contributed by atoms with Gasteiger partial charge in [-0.15, -0.1) is 11.3 Å². The van der Waals surface area contributed by atoms with Crippen LogP contribution in [0.2, 0.25) is 0 Å². The third kappa shape index (κ3) is 4.64. The van der Waals surface area contributed by atoms with Crippen molar-refractivity contribution in [2.75, 3.05) is 38.2 Å². The van der Waals surface area contributed by atoms with Gasteiger partial charge in [-0.3, -0.25) is 4.79 Å². The number of hydrogen-bond acceptors (Lipinski definition) is 9. The smallest absolute Gasteiger partial charge is 0.243 e. The second-order valence-electron chi connectivity index (χ2n) is 9.27. The van der Waals surface area contributed by atoms with E-state index in [9.17, 15) is 10.1 Å². The van der Waals surface area contributed by atoms with Gasteiger partial charge in [0, 0.05) is 31.9 Å². The van der Waals surface area contributed by atoms with Gasteiger partial charge in [0.25, 0.3) is 0 Å². The largest absolute Gasteiger partial charge is 0.497 e. The molecule has 36 heavy (non-hydrogen) atoms. The van der Waals surface area contributed by atoms with Gasteiger partial charge < -0.3 is 19.9 Å². The topological polar surface area (TPSA) is 107 Å². The molecule has 2 aliphatic heterocycles. The van der Waals surface area contributed by atoms with Crippen LogP contribution < -0.4 is 15.0 Å². The van der Waals surface area contributed by atoms with Crippen molar-refractivity contribution < 1.29 is 9.53 Å². The van der Waals surface area contributed by atoms with Gasteiger partial charge in [0.1, 0.15) is 23.1 Å². The minimum absolute atomic E-state index is 0.124. The fourth-order valence-electron chi connectivity index (χ4n) is 5.04. The number of benzene rings is 1. The number of amides is 1. The summed E-state index contributed by atoms with van der Waals surface area (Å²) in [5, 5.41) is 13.8. The Balaban J connectivity index is 1.32. The first-order chi connectivity index (χ1) is 17.4. The maximum atomic E-state index is 13.8. The number of nitrogens with zero attached hydrogens (tertiary/aromatic N) is 6. The molecule has 0 aliphatic carbocycles. The maximum Gasteiger partial charge on any atom is 0.243 e. The highest BCUT2D eigenvalue weighted by Crippen LogP contribution is 2.35. The second kappa shape index (κ2) is 9.84. The van der Waals surface area contributed by atoms with Crippen molar-refractivity contribution in [3.8, 4) is 22.3 Å². The van der Waals surface area contributed by atoms with E-state index in [2.05, 4.69) is 32.3 Å². The molecule has 4 heterocycles. The first kappa shape index (κ1) is 24.2. The number of thiazole rings is 1. The van der Waals surface area contributed by atoms with Crippen molar-refractivity contribution >= 4 is 23.2 Å². The van der Waals surface area contributed by atoms with Gasteiger partial charge >= 0.3 is 0 Å². The maximum absolute atomic E-state index is 13.8. The van der Waals surface area contributed by atoms with Crippen LogP contribution >= 0.6 is 11.3 Å². The molecule has 3 aromatic rings. The molecule has 0 unspecified atom stereocenters. The van der Waals surface area contributed by atoms with Crippen molar-refractivity contribution in [1.82, 2.24) is 25.2 Å². The van der Waals surface area contributed by atoms with Gasteiger partial charge in [-0.1, -0.05) is 12.1 Å². The number of rotatable bonds is 5. The Morgan fingerprint density at radius 1 is 1.17 bits per heavy atom. The fourth-order valence-corrected chi connectivity index (χ4v) is 5.96. The standard InChI is InChI=1S/C26H29N7O2S/c1-17-13-20(15-27)31-25(29-17)32-10-7-26(8-11-32)24(34)33(12-9-28-26)16-22-23(36-18(2)30-22)19-5-4-6-21(14-19)35-3/h4-6,13-14,28H,7-12,16H2,1-3H3. The predicted octanol–water partition coefficient (Wildman–Crippen LogP) is 3.07. The van der Waals surface area contributed by atoms with E-state index in [1.807, 2.05) is 36.9 Å². The van der Waals surface area contributed by atoms with Crippen LogP contribution in [0, 0.1) is 25.2 Å². The lowest BCUT2D eigenvalue weighted by Crippen LogP contribution is -2.67. The summed E-state index contributed by atoms with van der Waals surface area (Å²) in [6.45, 7) is 7.02. The Morgan fingerprint density at radius 2 is 1.97 bits per heavy atom. The highest BCUT2D eigenvalue weighted by atomic mass is 32.1. The molecule has 1 amide bonds. The molecule has 0 bridgehead atoms. The van der Waals surface area contributed by atoms with E-state index in [1.54, 1.807) is 24.5 Å². The van der Waals surface area contributed by atoms with Crippen LogP contribution in [-0.2, 0) is 11.3 Å². The molecule has 5 rings (SSSR count). The number of nitriles is 1. The summed E-state index contributed by atoms with van der Waals surface area (Å²) in [4.78, 5) is 32.6. The van der Waals surface area contributed by atoms with Gasteiger partial charge in [0.2, 0.25) is 11.9 Å². The Bertz CT molecular complexity index is 1320. The summed E-state index contributed by atoms with van der Waals surface area (Å²) in [6, 6.07) is 11.8. The Labute approximate surface area is 214 Å². The number of methoxy groups -OCH3 is 1. The average Bonchev–Trinajstić information content (AvgIpc) is 3.26. The number of hydrogen-bond donors (Lipinski definition) is 1. The van der Waals surface area contributed by atoms with Gasteiger partial charge in [0.05, 0.1) is 29.2 Å². The Morgan fingerprint density at radius 3 is 2.72 bits per heavy atom. The number of aromatic nitrogens is 3. The van der Waals surface area contributed by atoms with E-state index in [4.69, 9.17) is 9.72 Å². The number of carbonyl (C=O) groups excluding carboxylic acids is 1. The van der Waals surface area contributed by atoms with Crippen LogP contribution in [0.3, 0.4) is 0 Å². The van der Waals surface area contributed by atoms with E-state index < -0.39 is 5.54 Å². The molecule has 2 aliphatic rings. The summed E-state index contributed by atoms with van der Waals surface area (Å²) >= 11 is 1.64. The predicted molar refractivity (Wildman–Crippen MR) is 138 cm³/mol. The van der Waals surface area contributed by atoms with Crippen molar-refractivity contribution in [3.05, 3.63) is 52.4 Å². The highest BCUT2D eigenvalue weighted by Gasteiger charge is 2.46. The minimum Gasteiger partial charge on any atom is -0.497 e.